The summed E-state index contributed by atoms with van der Waals surface area (Å²) >= 11 is 0. The van der Waals surface area contributed by atoms with Crippen LogP contribution in [-0.4, -0.2) is 52.9 Å². The maximum atomic E-state index is 10.4. The molecule has 0 bridgehead atoms. The Morgan fingerprint density at radius 1 is 0.702 bits per heavy atom. The summed E-state index contributed by atoms with van der Waals surface area (Å²) in [6, 6.07) is 31.6. The van der Waals surface area contributed by atoms with E-state index in [1.807, 2.05) is 6.92 Å². The Morgan fingerprint density at radius 3 is 1.64 bits per heavy atom. The van der Waals surface area contributed by atoms with Crippen LogP contribution in [0.3, 0.4) is 0 Å². The van der Waals surface area contributed by atoms with E-state index in [0.717, 1.165) is 68.8 Å². The van der Waals surface area contributed by atoms with Crippen LogP contribution < -0.4 is 14.4 Å². The quantitative estimate of drug-likeness (QED) is 0.132. The minimum absolute atomic E-state index is 0.139. The summed E-state index contributed by atoms with van der Waals surface area (Å²) in [5.41, 5.74) is 2.12. The number of rotatable bonds is 9. The predicted octanol–water partition coefficient (Wildman–Crippen LogP) is 7.56. The zero-order valence-electron chi connectivity index (χ0n) is 27.2. The summed E-state index contributed by atoms with van der Waals surface area (Å²) in [6.45, 7) is 3.38. The topological polar surface area (TPSA) is 97.4 Å². The third kappa shape index (κ3) is 10.2. The molecular weight excluding hydrogens is 635 g/mol. The van der Waals surface area contributed by atoms with Crippen LogP contribution >= 0.6 is 0 Å². The van der Waals surface area contributed by atoms with Crippen LogP contribution in [0, 0.1) is 6.92 Å². The van der Waals surface area contributed by atoms with Crippen LogP contribution in [0.2, 0.25) is 0 Å². The highest BCUT2D eigenvalue weighted by atomic mass is 32.2. The van der Waals surface area contributed by atoms with Crippen molar-refractivity contribution in [2.24, 2.45) is 0 Å². The normalized spacial score (nSPS) is 18.7. The molecule has 2 aliphatic rings. The molecule has 47 heavy (non-hydrogen) atoms. The van der Waals surface area contributed by atoms with Crippen LogP contribution in [0.25, 0.3) is 0 Å². The van der Waals surface area contributed by atoms with Gasteiger partial charge in [0, 0.05) is 38.7 Å². The van der Waals surface area contributed by atoms with Crippen molar-refractivity contribution < 1.29 is 31.9 Å². The van der Waals surface area contributed by atoms with Crippen LogP contribution in [0.1, 0.15) is 44.1 Å². The second kappa shape index (κ2) is 16.5. The number of ether oxygens (including phenoxy) is 4. The second-order valence-electron chi connectivity index (χ2n) is 11.7. The van der Waals surface area contributed by atoms with Crippen molar-refractivity contribution in [2.45, 2.75) is 77.6 Å². The number of hydrogen-bond acceptors (Lipinski definition) is 8. The maximum Gasteiger partial charge on any atom is 0.199 e. The average molecular weight is 678 g/mol. The maximum absolute atomic E-state index is 10.4. The number of anilines is 1. The molecule has 8 nitrogen and oxygen atoms in total. The lowest BCUT2D eigenvalue weighted by Gasteiger charge is -2.23. The van der Waals surface area contributed by atoms with Crippen molar-refractivity contribution in [3.63, 3.8) is 0 Å². The molecule has 2 fully saturated rings. The highest BCUT2D eigenvalue weighted by molar-refractivity contribution is 7.97. The number of hydrogen-bond donors (Lipinski definition) is 0. The van der Waals surface area contributed by atoms with Crippen molar-refractivity contribution >= 4 is 26.7 Å². The molecule has 2 aliphatic heterocycles. The van der Waals surface area contributed by atoms with E-state index < -0.39 is 10.1 Å². The second-order valence-corrected chi connectivity index (χ2v) is 15.1. The highest BCUT2D eigenvalue weighted by Gasteiger charge is 2.30. The minimum Gasteiger partial charge on any atom is -0.744 e. The number of aryl methyl sites for hydroxylation is 1. The standard InChI is InChI=1S/C30H36NO4S.C7H8O3S/c1-31(2)23-8-7-9-28(22-23)36(26-16-12-24(13-17-26)34-29-10-3-5-20-32-29)27-18-14-25(15-19-27)35-30-11-4-6-21-33-30;1-6-2-4-7(5-3-6)11(8,9)10/h7-9,12-19,22,29-30H,3-6,10-11,20-21H2,1-2H3;2-5H,1H3,(H,8,9,10)/q+1;/p-1. The molecule has 2 atom stereocenters. The Labute approximate surface area is 281 Å². The summed E-state index contributed by atoms with van der Waals surface area (Å²) < 4.78 is 54.8. The third-order valence-corrected chi connectivity index (χ3v) is 10.9. The zero-order valence-corrected chi connectivity index (χ0v) is 28.8. The van der Waals surface area contributed by atoms with Gasteiger partial charge in [0.05, 0.1) is 29.0 Å². The van der Waals surface area contributed by atoms with Crippen LogP contribution in [0.5, 0.6) is 11.5 Å². The van der Waals surface area contributed by atoms with Gasteiger partial charge in [-0.2, -0.15) is 0 Å². The molecule has 0 saturated carbocycles. The SMILES string of the molecule is CN(C)c1cccc([S+](c2ccc(OC3CCCCO3)cc2)c2ccc(OC3CCCCO3)cc2)c1.Cc1ccc(S(=O)(=O)[O-])cc1. The fourth-order valence-corrected chi connectivity index (χ4v) is 7.78. The summed E-state index contributed by atoms with van der Waals surface area (Å²) in [6.07, 6.45) is 6.16. The van der Waals surface area contributed by atoms with Crippen molar-refractivity contribution in [1.82, 2.24) is 0 Å². The largest absolute Gasteiger partial charge is 0.744 e. The molecule has 2 heterocycles. The molecule has 4 aromatic rings. The Balaban J connectivity index is 0.000000335. The van der Waals surface area contributed by atoms with E-state index in [1.54, 1.807) is 12.1 Å². The van der Waals surface area contributed by atoms with Crippen molar-refractivity contribution in [1.29, 1.82) is 0 Å². The fraction of sp³-hybridized carbons (Fsp3) is 0.351. The van der Waals surface area contributed by atoms with Gasteiger partial charge in [0.2, 0.25) is 0 Å². The Kier molecular flexibility index (Phi) is 12.2. The summed E-state index contributed by atoms with van der Waals surface area (Å²) in [7, 11) is -0.382. The van der Waals surface area contributed by atoms with E-state index in [2.05, 4.69) is 91.8 Å². The van der Waals surface area contributed by atoms with Crippen molar-refractivity contribution in [2.75, 3.05) is 32.2 Å². The molecule has 250 valence electrons. The van der Waals surface area contributed by atoms with Gasteiger partial charge in [-0.3, -0.25) is 0 Å². The molecule has 0 aliphatic carbocycles. The molecule has 6 rings (SSSR count). The molecule has 10 heteroatoms. The molecule has 0 N–H and O–H groups in total. The lowest BCUT2D eigenvalue weighted by Crippen LogP contribution is -2.25. The predicted molar refractivity (Wildman–Crippen MR) is 183 cm³/mol. The van der Waals surface area contributed by atoms with Crippen molar-refractivity contribution in [3.8, 4) is 11.5 Å². The van der Waals surface area contributed by atoms with Gasteiger partial charge in [-0.25, -0.2) is 8.42 Å². The summed E-state index contributed by atoms with van der Waals surface area (Å²) in [5.74, 6) is 1.71. The van der Waals surface area contributed by atoms with Crippen LogP contribution in [0.15, 0.2) is 117 Å². The van der Waals surface area contributed by atoms with Gasteiger partial charge >= 0.3 is 0 Å². The van der Waals surface area contributed by atoms with Gasteiger partial charge in [-0.05, 0) is 105 Å². The first-order valence-electron chi connectivity index (χ1n) is 16.0. The average Bonchev–Trinajstić information content (AvgIpc) is 3.08. The molecule has 0 amide bonds. The van der Waals surface area contributed by atoms with E-state index in [1.165, 1.54) is 32.5 Å². The summed E-state index contributed by atoms with van der Waals surface area (Å²) in [5, 5.41) is 0. The van der Waals surface area contributed by atoms with Crippen LogP contribution in [-0.2, 0) is 30.5 Å². The fourth-order valence-electron chi connectivity index (χ4n) is 5.22. The van der Waals surface area contributed by atoms with Gasteiger partial charge < -0.3 is 28.4 Å². The smallest absolute Gasteiger partial charge is 0.199 e. The van der Waals surface area contributed by atoms with E-state index in [4.69, 9.17) is 18.9 Å². The molecule has 0 aromatic heterocycles. The van der Waals surface area contributed by atoms with Crippen LogP contribution in [0.4, 0.5) is 5.69 Å². The Morgan fingerprint density at radius 2 is 1.21 bits per heavy atom. The van der Waals surface area contributed by atoms with Gasteiger partial charge in [-0.15, -0.1) is 0 Å². The Hall–Kier alpha value is -3.54. The molecule has 0 radical (unpaired) electrons. The first-order chi connectivity index (χ1) is 22.7. The highest BCUT2D eigenvalue weighted by Crippen LogP contribution is 2.35. The van der Waals surface area contributed by atoms with Gasteiger partial charge in [-0.1, -0.05) is 23.8 Å². The first kappa shape index (κ1) is 34.8. The van der Waals surface area contributed by atoms with E-state index in [0.29, 0.717) is 0 Å². The lowest BCUT2D eigenvalue weighted by atomic mass is 10.2. The van der Waals surface area contributed by atoms with Gasteiger partial charge in [0.15, 0.2) is 27.3 Å². The Bertz CT molecular complexity index is 1590. The lowest BCUT2D eigenvalue weighted by molar-refractivity contribution is -0.106. The number of nitrogens with zero attached hydrogens (tertiary/aromatic N) is 1. The molecule has 2 saturated heterocycles. The summed E-state index contributed by atoms with van der Waals surface area (Å²) in [4.78, 5) is 5.73. The third-order valence-electron chi connectivity index (χ3n) is 7.81. The van der Waals surface area contributed by atoms with Gasteiger partial charge in [0.1, 0.15) is 21.6 Å². The minimum atomic E-state index is -4.27. The van der Waals surface area contributed by atoms with E-state index in [9.17, 15) is 13.0 Å². The molecule has 2 unspecified atom stereocenters. The zero-order chi connectivity index (χ0) is 33.2. The first-order valence-corrected chi connectivity index (χ1v) is 18.6. The molecule has 4 aromatic carbocycles. The monoisotopic (exact) mass is 677 g/mol. The number of benzene rings is 4. The van der Waals surface area contributed by atoms with E-state index in [-0.39, 0.29) is 28.4 Å². The van der Waals surface area contributed by atoms with Gasteiger partial charge in [0.25, 0.3) is 0 Å². The van der Waals surface area contributed by atoms with E-state index >= 15 is 0 Å². The van der Waals surface area contributed by atoms with Crippen molar-refractivity contribution in [3.05, 3.63) is 103 Å². The molecular formula is C37H43NO7S2. The molecule has 0 spiro atoms.